The summed E-state index contributed by atoms with van der Waals surface area (Å²) in [4.78, 5) is 12.7. The van der Waals surface area contributed by atoms with Crippen LogP contribution in [-0.2, 0) is 0 Å². The first-order valence-electron chi connectivity index (χ1n) is 6.28. The van der Waals surface area contributed by atoms with Crippen molar-refractivity contribution in [3.63, 3.8) is 0 Å². The molecule has 4 nitrogen and oxygen atoms in total. The summed E-state index contributed by atoms with van der Waals surface area (Å²) in [5.74, 6) is 0.674. The molecule has 4 rings (SSSR count). The summed E-state index contributed by atoms with van der Waals surface area (Å²) < 4.78 is 2.08. The molecule has 94 valence electrons. The van der Waals surface area contributed by atoms with Gasteiger partial charge in [-0.15, -0.1) is 0 Å². The van der Waals surface area contributed by atoms with E-state index in [-0.39, 0.29) is 5.28 Å². The van der Waals surface area contributed by atoms with Crippen LogP contribution in [0.2, 0.25) is 5.28 Å². The van der Waals surface area contributed by atoms with Crippen molar-refractivity contribution in [3.8, 4) is 11.4 Å². The fourth-order valence-electron chi connectivity index (χ4n) is 2.41. The number of hydrogen-bond acceptors (Lipinski definition) is 3. The number of fused-ring (bicyclic) bond motifs is 1. The Balaban J connectivity index is 1.94. The van der Waals surface area contributed by atoms with Crippen LogP contribution in [0.1, 0.15) is 24.3 Å². The Labute approximate surface area is 115 Å². The lowest BCUT2D eigenvalue weighted by Gasteiger charge is -2.04. The SMILES string of the molecule is Clc1nccc(-c2cnc3c(C4CC4)cccn23)n1. The Morgan fingerprint density at radius 2 is 2.11 bits per heavy atom. The van der Waals surface area contributed by atoms with Gasteiger partial charge in [0.05, 0.1) is 17.6 Å². The van der Waals surface area contributed by atoms with Gasteiger partial charge in [-0.25, -0.2) is 15.0 Å². The fraction of sp³-hybridized carbons (Fsp3) is 0.214. The summed E-state index contributed by atoms with van der Waals surface area (Å²) in [5.41, 5.74) is 4.09. The Morgan fingerprint density at radius 3 is 2.89 bits per heavy atom. The van der Waals surface area contributed by atoms with Gasteiger partial charge < -0.3 is 0 Å². The summed E-state index contributed by atoms with van der Waals surface area (Å²) in [5, 5.41) is 0.255. The largest absolute Gasteiger partial charge is 0.298 e. The van der Waals surface area contributed by atoms with E-state index >= 15 is 0 Å². The lowest BCUT2D eigenvalue weighted by atomic mass is 10.2. The number of aromatic nitrogens is 4. The van der Waals surface area contributed by atoms with Crippen molar-refractivity contribution in [3.05, 3.63) is 47.6 Å². The van der Waals surface area contributed by atoms with Crippen molar-refractivity contribution in [2.24, 2.45) is 0 Å². The van der Waals surface area contributed by atoms with Crippen molar-refractivity contribution >= 4 is 17.2 Å². The van der Waals surface area contributed by atoms with Gasteiger partial charge in [-0.1, -0.05) is 6.07 Å². The van der Waals surface area contributed by atoms with Crippen LogP contribution < -0.4 is 0 Å². The molecule has 1 aliphatic carbocycles. The molecule has 0 bridgehead atoms. The van der Waals surface area contributed by atoms with Crippen molar-refractivity contribution in [2.75, 3.05) is 0 Å². The number of pyridine rings is 1. The van der Waals surface area contributed by atoms with E-state index in [1.54, 1.807) is 6.20 Å². The second-order valence-corrected chi connectivity index (χ2v) is 5.12. The number of imidazole rings is 1. The minimum absolute atomic E-state index is 0.255. The molecule has 1 saturated carbocycles. The van der Waals surface area contributed by atoms with Gasteiger partial charge in [0.25, 0.3) is 0 Å². The second kappa shape index (κ2) is 4.03. The van der Waals surface area contributed by atoms with Gasteiger partial charge in [0, 0.05) is 12.4 Å². The molecule has 3 aromatic rings. The van der Waals surface area contributed by atoms with Crippen LogP contribution in [0.4, 0.5) is 0 Å². The maximum absolute atomic E-state index is 5.85. The van der Waals surface area contributed by atoms with E-state index in [0.29, 0.717) is 5.92 Å². The number of halogens is 1. The molecule has 1 aliphatic rings. The molecule has 5 heteroatoms. The summed E-state index contributed by atoms with van der Waals surface area (Å²) in [6, 6.07) is 6.07. The third kappa shape index (κ3) is 1.79. The number of nitrogens with zero attached hydrogens (tertiary/aromatic N) is 4. The summed E-state index contributed by atoms with van der Waals surface area (Å²) in [6.07, 6.45) is 8.05. The highest BCUT2D eigenvalue weighted by Crippen LogP contribution is 2.42. The lowest BCUT2D eigenvalue weighted by Crippen LogP contribution is -1.94. The molecule has 3 aromatic heterocycles. The van der Waals surface area contributed by atoms with Gasteiger partial charge in [-0.2, -0.15) is 0 Å². The van der Waals surface area contributed by atoms with Gasteiger partial charge in [0.15, 0.2) is 0 Å². The number of rotatable bonds is 2. The van der Waals surface area contributed by atoms with E-state index in [1.165, 1.54) is 18.4 Å². The zero-order valence-electron chi connectivity index (χ0n) is 10.1. The summed E-state index contributed by atoms with van der Waals surface area (Å²) in [7, 11) is 0. The molecule has 0 amide bonds. The summed E-state index contributed by atoms with van der Waals surface area (Å²) >= 11 is 5.85. The van der Waals surface area contributed by atoms with Crippen molar-refractivity contribution in [1.82, 2.24) is 19.4 Å². The Hall–Kier alpha value is -1.94. The Bertz CT molecular complexity index is 761. The van der Waals surface area contributed by atoms with Gasteiger partial charge in [0.2, 0.25) is 5.28 Å². The maximum atomic E-state index is 5.85. The van der Waals surface area contributed by atoms with Crippen LogP contribution in [0, 0.1) is 0 Å². The molecule has 19 heavy (non-hydrogen) atoms. The minimum Gasteiger partial charge on any atom is -0.298 e. The smallest absolute Gasteiger partial charge is 0.222 e. The van der Waals surface area contributed by atoms with Crippen LogP contribution in [0.15, 0.2) is 36.8 Å². The molecule has 0 atom stereocenters. The molecule has 0 spiro atoms. The van der Waals surface area contributed by atoms with Crippen LogP contribution in [0.3, 0.4) is 0 Å². The van der Waals surface area contributed by atoms with Gasteiger partial charge in [0.1, 0.15) is 5.65 Å². The highest BCUT2D eigenvalue weighted by molar-refractivity contribution is 6.28. The first-order chi connectivity index (χ1) is 9.33. The molecule has 0 saturated heterocycles. The molecule has 0 unspecified atom stereocenters. The van der Waals surface area contributed by atoms with E-state index in [1.807, 2.05) is 18.5 Å². The van der Waals surface area contributed by atoms with E-state index in [4.69, 9.17) is 11.6 Å². The molecule has 0 aromatic carbocycles. The minimum atomic E-state index is 0.255. The van der Waals surface area contributed by atoms with Gasteiger partial charge in [-0.3, -0.25) is 4.40 Å². The average Bonchev–Trinajstić information content (AvgIpc) is 3.17. The van der Waals surface area contributed by atoms with E-state index in [9.17, 15) is 0 Å². The molecule has 3 heterocycles. The molecular formula is C14H11ClN4. The van der Waals surface area contributed by atoms with Gasteiger partial charge >= 0.3 is 0 Å². The maximum Gasteiger partial charge on any atom is 0.222 e. The van der Waals surface area contributed by atoms with Crippen molar-refractivity contribution in [1.29, 1.82) is 0 Å². The molecular weight excluding hydrogens is 260 g/mol. The first kappa shape index (κ1) is 10.9. The van der Waals surface area contributed by atoms with E-state index in [2.05, 4.69) is 31.5 Å². The third-order valence-electron chi connectivity index (χ3n) is 3.47. The van der Waals surface area contributed by atoms with Crippen LogP contribution in [0.5, 0.6) is 0 Å². The summed E-state index contributed by atoms with van der Waals surface area (Å²) in [6.45, 7) is 0. The van der Waals surface area contributed by atoms with Crippen molar-refractivity contribution < 1.29 is 0 Å². The predicted molar refractivity (Wildman–Crippen MR) is 73.2 cm³/mol. The zero-order chi connectivity index (χ0) is 12.8. The first-order valence-corrected chi connectivity index (χ1v) is 6.65. The molecule has 0 aliphatic heterocycles. The predicted octanol–water partition coefficient (Wildman–Crippen LogP) is 3.32. The van der Waals surface area contributed by atoms with Crippen LogP contribution in [0.25, 0.3) is 17.0 Å². The monoisotopic (exact) mass is 270 g/mol. The highest BCUT2D eigenvalue weighted by Gasteiger charge is 2.26. The lowest BCUT2D eigenvalue weighted by molar-refractivity contribution is 1.07. The normalized spacial score (nSPS) is 15.0. The second-order valence-electron chi connectivity index (χ2n) is 4.79. The van der Waals surface area contributed by atoms with Gasteiger partial charge in [-0.05, 0) is 48.1 Å². The van der Waals surface area contributed by atoms with Crippen LogP contribution >= 0.6 is 11.6 Å². The molecule has 1 fully saturated rings. The van der Waals surface area contributed by atoms with E-state index < -0.39 is 0 Å². The topological polar surface area (TPSA) is 43.1 Å². The Morgan fingerprint density at radius 1 is 1.21 bits per heavy atom. The zero-order valence-corrected chi connectivity index (χ0v) is 10.9. The van der Waals surface area contributed by atoms with Crippen molar-refractivity contribution in [2.45, 2.75) is 18.8 Å². The van der Waals surface area contributed by atoms with Crippen LogP contribution in [-0.4, -0.2) is 19.4 Å². The molecule has 0 radical (unpaired) electrons. The van der Waals surface area contributed by atoms with E-state index in [0.717, 1.165) is 17.0 Å². The molecule has 0 N–H and O–H groups in total. The quantitative estimate of drug-likeness (QED) is 0.671. The Kier molecular flexibility index (Phi) is 2.32. The third-order valence-corrected chi connectivity index (χ3v) is 3.65. The highest BCUT2D eigenvalue weighted by atomic mass is 35.5. The fourth-order valence-corrected chi connectivity index (χ4v) is 2.56. The number of hydrogen-bond donors (Lipinski definition) is 0. The standard InChI is InChI=1S/C14H11ClN4/c15-14-16-6-5-11(18-14)12-8-17-13-10(9-3-4-9)2-1-7-19(12)13/h1-2,5-9H,3-4H2. The average molecular weight is 271 g/mol.